The van der Waals surface area contributed by atoms with Crippen molar-refractivity contribution in [3.63, 3.8) is 0 Å². The largest absolute Gasteiger partial charge is 0.595 e. The molecule has 0 heterocycles. The van der Waals surface area contributed by atoms with Gasteiger partial charge in [0.1, 0.15) is 23.7 Å². The molecule has 1 aromatic carbocycles. The van der Waals surface area contributed by atoms with Crippen LogP contribution in [-0.2, 0) is 49.3 Å². The van der Waals surface area contributed by atoms with Crippen molar-refractivity contribution in [1.29, 1.82) is 0 Å². The lowest BCUT2D eigenvalue weighted by Gasteiger charge is -2.26. The van der Waals surface area contributed by atoms with E-state index in [1.54, 1.807) is 41.5 Å². The molecule has 0 spiro atoms. The van der Waals surface area contributed by atoms with Crippen molar-refractivity contribution in [3.8, 4) is 0 Å². The van der Waals surface area contributed by atoms with Gasteiger partial charge in [-0.1, -0.05) is 12.1 Å². The normalized spacial score (nSPS) is 13.7. The van der Waals surface area contributed by atoms with Crippen molar-refractivity contribution in [2.75, 3.05) is 19.8 Å². The van der Waals surface area contributed by atoms with Gasteiger partial charge in [-0.15, -0.1) is 0 Å². The summed E-state index contributed by atoms with van der Waals surface area (Å²) in [4.78, 5) is 76.4. The molecular weight excluding hydrogens is 608 g/mol. The number of amides is 3. The summed E-state index contributed by atoms with van der Waals surface area (Å²) in [6.45, 7) is 9.89. The third kappa shape index (κ3) is 15.6. The fourth-order valence-electron chi connectivity index (χ4n) is 3.97. The number of esters is 3. The highest BCUT2D eigenvalue weighted by Gasteiger charge is 2.32. The van der Waals surface area contributed by atoms with E-state index in [1.807, 2.05) is 0 Å². The molecule has 0 fully saturated rings. The van der Waals surface area contributed by atoms with Crippen molar-refractivity contribution in [2.24, 2.45) is 0 Å². The Morgan fingerprint density at radius 3 is 1.72 bits per heavy atom. The van der Waals surface area contributed by atoms with Crippen LogP contribution in [0.4, 0.5) is 10.5 Å². The monoisotopic (exact) mass is 654 g/mol. The maximum atomic E-state index is 13.6. The maximum absolute atomic E-state index is 13.6. The lowest BCUT2D eigenvalue weighted by Crippen LogP contribution is -2.99. The third-order valence-corrected chi connectivity index (χ3v) is 6.05. The molecule has 4 unspecified atom stereocenters. The molecule has 46 heavy (non-hydrogen) atoms. The lowest BCUT2D eigenvalue weighted by atomic mass is 10.0. The number of carbonyl (C=O) groups is 6. The van der Waals surface area contributed by atoms with Gasteiger partial charge in [-0.2, -0.15) is 5.23 Å². The molecule has 0 aliphatic carbocycles. The first-order chi connectivity index (χ1) is 21.6. The zero-order chi connectivity index (χ0) is 34.9. The van der Waals surface area contributed by atoms with Crippen molar-refractivity contribution >= 4 is 41.5 Å². The second-order valence-corrected chi connectivity index (χ2v) is 11.0. The topological polar surface area (TPSA) is 223 Å². The fraction of sp³-hybridized carbons (Fsp3) is 0.600. The van der Waals surface area contributed by atoms with Gasteiger partial charge in [-0.05, 0) is 59.9 Å². The average molecular weight is 655 g/mol. The Balaban J connectivity index is 3.30. The molecule has 1 rings (SSSR count). The van der Waals surface area contributed by atoms with E-state index in [4.69, 9.17) is 18.9 Å². The van der Waals surface area contributed by atoms with Crippen molar-refractivity contribution < 1.29 is 58.1 Å². The number of ether oxygens (including phenoxy) is 4. The van der Waals surface area contributed by atoms with E-state index >= 15 is 0 Å². The van der Waals surface area contributed by atoms with E-state index < -0.39 is 64.8 Å². The SMILES string of the molecule is CCOC(=O)CCC(NC(=O)C(Cc1ccc([NH+]([O-])O)cc1)NC(=O)OC(C)(C)C)C(=O)NC(CCC(=O)OCC)C(=O)OCC. The highest BCUT2D eigenvalue weighted by atomic mass is 16.8. The van der Waals surface area contributed by atoms with E-state index in [9.17, 15) is 39.2 Å². The van der Waals surface area contributed by atoms with Crippen LogP contribution in [0.1, 0.15) is 72.8 Å². The summed E-state index contributed by atoms with van der Waals surface area (Å²) in [6, 6.07) is 1.63. The molecule has 258 valence electrons. The first-order valence-electron chi connectivity index (χ1n) is 15.0. The van der Waals surface area contributed by atoms with E-state index in [0.29, 0.717) is 5.56 Å². The molecule has 1 aromatic rings. The van der Waals surface area contributed by atoms with Crippen LogP contribution in [-0.4, -0.2) is 84.6 Å². The lowest BCUT2D eigenvalue weighted by molar-refractivity contribution is -0.991. The van der Waals surface area contributed by atoms with Crippen molar-refractivity contribution in [3.05, 3.63) is 35.0 Å². The van der Waals surface area contributed by atoms with Gasteiger partial charge in [-0.25, -0.2) is 14.8 Å². The number of benzene rings is 1. The van der Waals surface area contributed by atoms with E-state index in [1.165, 1.54) is 24.3 Å². The molecule has 0 bridgehead atoms. The molecule has 3 amide bonds. The zero-order valence-corrected chi connectivity index (χ0v) is 27.1. The van der Waals surface area contributed by atoms with Crippen LogP contribution in [0.2, 0.25) is 0 Å². The third-order valence-electron chi connectivity index (χ3n) is 6.05. The number of nitrogens with one attached hydrogen (secondary N) is 4. The van der Waals surface area contributed by atoms with Gasteiger partial charge in [0.25, 0.3) is 0 Å². The number of carbonyl (C=O) groups excluding carboxylic acids is 6. The Labute approximate surface area is 268 Å². The highest BCUT2D eigenvalue weighted by Crippen LogP contribution is 2.12. The second-order valence-electron chi connectivity index (χ2n) is 11.0. The molecule has 0 saturated carbocycles. The summed E-state index contributed by atoms with van der Waals surface area (Å²) in [5.41, 5.74) is -0.406. The van der Waals surface area contributed by atoms with Crippen LogP contribution in [0, 0.1) is 5.21 Å². The van der Waals surface area contributed by atoms with Crippen LogP contribution in [0.25, 0.3) is 0 Å². The number of hydrogen-bond acceptors (Lipinski definition) is 12. The molecule has 0 saturated heterocycles. The number of rotatable bonds is 18. The predicted molar refractivity (Wildman–Crippen MR) is 161 cm³/mol. The summed E-state index contributed by atoms with van der Waals surface area (Å²) in [6.07, 6.45) is -1.93. The standard InChI is InChI=1S/C30H46N4O12/c1-7-43-24(35)16-14-21(26(37)32-22(28(39)45-9-3)15-17-25(36)44-8-2)31-27(38)23(33-29(40)46-30(4,5)6)18-19-10-12-20(13-11-19)34(41)42/h10-13,21-23,34,41H,7-9,14-18H2,1-6H3,(H,31,38)(H,32,37)(H,33,40). The van der Waals surface area contributed by atoms with Gasteiger partial charge in [-0.3, -0.25) is 19.2 Å². The molecule has 0 aliphatic rings. The number of alkyl carbamates (subject to hydrolysis) is 1. The highest BCUT2D eigenvalue weighted by molar-refractivity contribution is 5.93. The molecule has 16 heteroatoms. The van der Waals surface area contributed by atoms with Crippen molar-refractivity contribution in [1.82, 2.24) is 16.0 Å². The van der Waals surface area contributed by atoms with Crippen molar-refractivity contribution in [2.45, 2.75) is 97.4 Å². The molecule has 16 nitrogen and oxygen atoms in total. The van der Waals surface area contributed by atoms with Crippen LogP contribution < -0.4 is 21.2 Å². The number of hydrogen-bond donors (Lipinski definition) is 5. The number of quaternary nitrogens is 1. The first-order valence-corrected chi connectivity index (χ1v) is 15.0. The Hall–Kier alpha value is -4.28. The summed E-state index contributed by atoms with van der Waals surface area (Å²) >= 11 is 0. The Kier molecular flexibility index (Phi) is 17.3. The summed E-state index contributed by atoms with van der Waals surface area (Å²) in [7, 11) is 0. The van der Waals surface area contributed by atoms with Crippen LogP contribution in [0.5, 0.6) is 0 Å². The van der Waals surface area contributed by atoms with Gasteiger partial charge in [0.05, 0.1) is 19.8 Å². The van der Waals surface area contributed by atoms with Gasteiger partial charge < -0.3 is 40.1 Å². The quantitative estimate of drug-likeness (QED) is 0.0840. The van der Waals surface area contributed by atoms with Gasteiger partial charge in [0.2, 0.25) is 11.8 Å². The minimum atomic E-state index is -1.39. The van der Waals surface area contributed by atoms with Gasteiger partial charge >= 0.3 is 24.0 Å². The zero-order valence-electron chi connectivity index (χ0n) is 27.1. The second kappa shape index (κ2) is 20.0. The summed E-state index contributed by atoms with van der Waals surface area (Å²) in [5, 5.41) is 26.8. The van der Waals surface area contributed by atoms with Crippen LogP contribution in [0.15, 0.2) is 24.3 Å². The van der Waals surface area contributed by atoms with Crippen LogP contribution >= 0.6 is 0 Å². The molecule has 5 N–H and O–H groups in total. The van der Waals surface area contributed by atoms with E-state index in [-0.39, 0.29) is 57.6 Å². The van der Waals surface area contributed by atoms with E-state index in [2.05, 4.69) is 16.0 Å². The minimum absolute atomic E-state index is 0.000901. The summed E-state index contributed by atoms with van der Waals surface area (Å²) < 4.78 is 20.2. The van der Waals surface area contributed by atoms with Gasteiger partial charge in [0, 0.05) is 31.4 Å². The Bertz CT molecular complexity index is 1170. The smallest absolute Gasteiger partial charge is 0.408 e. The average Bonchev–Trinajstić information content (AvgIpc) is 2.96. The predicted octanol–water partition coefficient (Wildman–Crippen LogP) is 0.745. The fourth-order valence-corrected chi connectivity index (χ4v) is 3.97. The molecule has 0 aromatic heterocycles. The van der Waals surface area contributed by atoms with E-state index in [0.717, 1.165) is 0 Å². The Morgan fingerprint density at radius 2 is 1.24 bits per heavy atom. The molecule has 0 aliphatic heterocycles. The molecule has 0 radical (unpaired) electrons. The van der Waals surface area contributed by atoms with Gasteiger partial charge in [0.15, 0.2) is 5.69 Å². The Morgan fingerprint density at radius 1 is 0.761 bits per heavy atom. The van der Waals surface area contributed by atoms with Crippen LogP contribution in [0.3, 0.4) is 0 Å². The summed E-state index contributed by atoms with van der Waals surface area (Å²) in [5.74, 6) is -3.74. The molecule has 4 atom stereocenters. The molecular formula is C30H46N4O12. The first kappa shape index (κ1) is 39.7. The minimum Gasteiger partial charge on any atom is -0.595 e. The maximum Gasteiger partial charge on any atom is 0.408 e.